The van der Waals surface area contributed by atoms with Crippen molar-refractivity contribution in [2.75, 3.05) is 11.9 Å². The van der Waals surface area contributed by atoms with Crippen molar-refractivity contribution < 1.29 is 19.1 Å². The van der Waals surface area contributed by atoms with Crippen molar-refractivity contribution in [1.29, 1.82) is 0 Å². The number of thioether (sulfide) groups is 1. The number of aliphatic imine (C=N–C) groups is 1. The molecule has 0 spiro atoms. The van der Waals surface area contributed by atoms with E-state index in [1.165, 1.54) is 16.7 Å². The van der Waals surface area contributed by atoms with Gasteiger partial charge in [0.05, 0.1) is 24.4 Å². The zero-order valence-corrected chi connectivity index (χ0v) is 22.1. The highest BCUT2D eigenvalue weighted by molar-refractivity contribution is 8.15. The molecule has 0 aliphatic carbocycles. The van der Waals surface area contributed by atoms with Crippen LogP contribution < -0.4 is 5.32 Å². The lowest BCUT2D eigenvalue weighted by molar-refractivity contribution is -0.128. The summed E-state index contributed by atoms with van der Waals surface area (Å²) in [6, 6.07) is 20.6. The molecule has 1 atom stereocenters. The van der Waals surface area contributed by atoms with Gasteiger partial charge in [-0.2, -0.15) is 0 Å². The summed E-state index contributed by atoms with van der Waals surface area (Å²) in [5.74, 6) is -0.955. The third kappa shape index (κ3) is 6.91. The van der Waals surface area contributed by atoms with Crippen molar-refractivity contribution in [3.8, 4) is 0 Å². The minimum Gasteiger partial charge on any atom is -0.462 e. The fraction of sp³-hybridized carbons (Fsp3) is 0.185. The number of esters is 1. The molecule has 0 saturated carbocycles. The number of carbonyl (C=O) groups excluding carboxylic acids is 3. The van der Waals surface area contributed by atoms with E-state index in [4.69, 9.17) is 27.9 Å². The first-order valence-electron chi connectivity index (χ1n) is 11.5. The third-order valence-electron chi connectivity index (χ3n) is 5.41. The monoisotopic (exact) mass is 555 g/mol. The van der Waals surface area contributed by atoms with Crippen molar-refractivity contribution in [2.45, 2.75) is 25.1 Å². The normalized spacial score (nSPS) is 16.2. The predicted octanol–water partition coefficient (Wildman–Crippen LogP) is 6.33. The molecule has 1 fully saturated rings. The van der Waals surface area contributed by atoms with E-state index in [-0.39, 0.29) is 31.4 Å². The quantitative estimate of drug-likeness (QED) is 0.328. The summed E-state index contributed by atoms with van der Waals surface area (Å²) in [6.45, 7) is 2.23. The van der Waals surface area contributed by atoms with E-state index in [0.29, 0.717) is 32.2 Å². The summed E-state index contributed by atoms with van der Waals surface area (Å²) in [4.78, 5) is 44.2. The molecule has 37 heavy (non-hydrogen) atoms. The third-order valence-corrected chi connectivity index (χ3v) is 7.20. The van der Waals surface area contributed by atoms with Gasteiger partial charge in [0.1, 0.15) is 5.25 Å². The molecule has 2 amide bonds. The molecule has 0 unspecified atom stereocenters. The first-order chi connectivity index (χ1) is 17.8. The molecule has 1 saturated heterocycles. The van der Waals surface area contributed by atoms with Crippen LogP contribution >= 0.6 is 35.0 Å². The van der Waals surface area contributed by atoms with Gasteiger partial charge in [0.25, 0.3) is 0 Å². The molecule has 3 aromatic rings. The second-order valence-electron chi connectivity index (χ2n) is 8.04. The van der Waals surface area contributed by atoms with Gasteiger partial charge in [-0.05, 0) is 67.1 Å². The Kier molecular flexibility index (Phi) is 8.87. The predicted molar refractivity (Wildman–Crippen MR) is 148 cm³/mol. The molecule has 1 heterocycles. The SMILES string of the molecule is CCOC(=O)c1ccc(N=C2S[C@H](CC(=O)Nc3ccc(Cl)cc3)C(=O)N2Cc2ccccc2Cl)cc1. The molecule has 0 bridgehead atoms. The van der Waals surface area contributed by atoms with Crippen molar-refractivity contribution >= 4 is 69.3 Å². The second kappa shape index (κ2) is 12.3. The summed E-state index contributed by atoms with van der Waals surface area (Å²) in [5.41, 5.74) is 2.31. The number of amides is 2. The molecular weight excluding hydrogens is 533 g/mol. The van der Waals surface area contributed by atoms with E-state index in [1.807, 2.05) is 18.2 Å². The highest BCUT2D eigenvalue weighted by Crippen LogP contribution is 2.34. The number of hydrogen-bond donors (Lipinski definition) is 1. The molecule has 4 rings (SSSR count). The highest BCUT2D eigenvalue weighted by atomic mass is 35.5. The van der Waals surface area contributed by atoms with E-state index in [2.05, 4.69) is 10.3 Å². The minimum atomic E-state index is -0.660. The van der Waals surface area contributed by atoms with Crippen LogP contribution in [0, 0.1) is 0 Å². The van der Waals surface area contributed by atoms with E-state index >= 15 is 0 Å². The Hall–Kier alpha value is -3.33. The number of halogens is 2. The average molecular weight is 556 g/mol. The fourth-order valence-corrected chi connectivity index (χ4v) is 5.06. The first-order valence-corrected chi connectivity index (χ1v) is 13.1. The number of nitrogens with one attached hydrogen (secondary N) is 1. The molecule has 0 radical (unpaired) electrons. The zero-order chi connectivity index (χ0) is 26.4. The van der Waals surface area contributed by atoms with Crippen LogP contribution in [0.5, 0.6) is 0 Å². The van der Waals surface area contributed by atoms with Gasteiger partial charge in [0.15, 0.2) is 5.17 Å². The maximum absolute atomic E-state index is 13.4. The summed E-state index contributed by atoms with van der Waals surface area (Å²) >= 11 is 13.5. The Morgan fingerprint density at radius 2 is 1.73 bits per heavy atom. The molecule has 1 aliphatic heterocycles. The number of carbonyl (C=O) groups is 3. The summed E-state index contributed by atoms with van der Waals surface area (Å²) in [7, 11) is 0. The van der Waals surface area contributed by atoms with E-state index in [1.54, 1.807) is 61.5 Å². The van der Waals surface area contributed by atoms with Crippen molar-refractivity contribution in [3.05, 3.63) is 94.0 Å². The standard InChI is InChI=1S/C27H23Cl2N3O4S/c1-2-36-26(35)17-7-11-21(12-8-17)31-27-32(16-18-5-3-4-6-22(18)29)25(34)23(37-27)15-24(33)30-20-13-9-19(28)10-14-20/h3-14,23H,2,15-16H2,1H3,(H,30,33)/t23-/m1/s1. The van der Waals surface area contributed by atoms with Gasteiger partial charge in [0.2, 0.25) is 11.8 Å². The lowest BCUT2D eigenvalue weighted by Crippen LogP contribution is -2.33. The maximum atomic E-state index is 13.4. The number of amidine groups is 1. The topological polar surface area (TPSA) is 88.1 Å². The lowest BCUT2D eigenvalue weighted by Gasteiger charge is -2.17. The number of benzene rings is 3. The molecule has 10 heteroatoms. The first kappa shape index (κ1) is 26.7. The van der Waals surface area contributed by atoms with Crippen LogP contribution in [-0.2, 0) is 20.9 Å². The molecular formula is C27H23Cl2N3O4S. The Morgan fingerprint density at radius 3 is 2.41 bits per heavy atom. The Morgan fingerprint density at radius 1 is 1.03 bits per heavy atom. The molecule has 190 valence electrons. The molecule has 7 nitrogen and oxygen atoms in total. The van der Waals surface area contributed by atoms with Crippen LogP contribution in [0.15, 0.2) is 77.8 Å². The smallest absolute Gasteiger partial charge is 0.338 e. The van der Waals surface area contributed by atoms with Crippen molar-refractivity contribution in [2.24, 2.45) is 4.99 Å². The summed E-state index contributed by atoms with van der Waals surface area (Å²) in [5, 5.41) is 3.67. The maximum Gasteiger partial charge on any atom is 0.338 e. The van der Waals surface area contributed by atoms with Crippen molar-refractivity contribution in [3.63, 3.8) is 0 Å². The van der Waals surface area contributed by atoms with Gasteiger partial charge in [-0.25, -0.2) is 9.79 Å². The molecule has 1 aliphatic rings. The van der Waals surface area contributed by atoms with Crippen LogP contribution in [0.3, 0.4) is 0 Å². The average Bonchev–Trinajstić information content (AvgIpc) is 3.16. The zero-order valence-electron chi connectivity index (χ0n) is 19.8. The molecule has 3 aromatic carbocycles. The largest absolute Gasteiger partial charge is 0.462 e. The van der Waals surface area contributed by atoms with Crippen LogP contribution in [0.2, 0.25) is 10.0 Å². The molecule has 0 aromatic heterocycles. The van der Waals surface area contributed by atoms with Gasteiger partial charge in [0, 0.05) is 22.2 Å². The summed E-state index contributed by atoms with van der Waals surface area (Å²) < 4.78 is 5.02. The van der Waals surface area contributed by atoms with Gasteiger partial charge in [-0.1, -0.05) is 53.2 Å². The van der Waals surface area contributed by atoms with E-state index < -0.39 is 11.2 Å². The Balaban J connectivity index is 1.55. The Bertz CT molecular complexity index is 1330. The van der Waals surface area contributed by atoms with Gasteiger partial charge in [-0.15, -0.1) is 0 Å². The van der Waals surface area contributed by atoms with Crippen LogP contribution in [0.4, 0.5) is 11.4 Å². The van der Waals surface area contributed by atoms with Gasteiger partial charge < -0.3 is 10.1 Å². The van der Waals surface area contributed by atoms with E-state index in [0.717, 1.165) is 5.56 Å². The van der Waals surface area contributed by atoms with E-state index in [9.17, 15) is 14.4 Å². The molecule has 1 N–H and O–H groups in total. The number of ether oxygens (including phenoxy) is 1. The van der Waals surface area contributed by atoms with Crippen LogP contribution in [-0.4, -0.2) is 39.7 Å². The lowest BCUT2D eigenvalue weighted by atomic mass is 10.2. The van der Waals surface area contributed by atoms with Gasteiger partial charge in [-0.3, -0.25) is 14.5 Å². The number of rotatable bonds is 8. The number of hydrogen-bond acceptors (Lipinski definition) is 6. The van der Waals surface area contributed by atoms with Crippen molar-refractivity contribution in [1.82, 2.24) is 4.90 Å². The second-order valence-corrected chi connectivity index (χ2v) is 10.1. The highest BCUT2D eigenvalue weighted by Gasteiger charge is 2.39. The number of anilines is 1. The van der Waals surface area contributed by atoms with Crippen LogP contribution in [0.1, 0.15) is 29.3 Å². The number of nitrogens with zero attached hydrogens (tertiary/aromatic N) is 2. The minimum absolute atomic E-state index is 0.0357. The fourth-order valence-electron chi connectivity index (χ4n) is 3.58. The van der Waals surface area contributed by atoms with Gasteiger partial charge >= 0.3 is 5.97 Å². The summed E-state index contributed by atoms with van der Waals surface area (Å²) in [6.07, 6.45) is -0.0357. The Labute approximate surface area is 228 Å². The van der Waals surface area contributed by atoms with Crippen LogP contribution in [0.25, 0.3) is 0 Å².